The van der Waals surface area contributed by atoms with E-state index in [0.29, 0.717) is 5.69 Å². The molecule has 21 heavy (non-hydrogen) atoms. The molecular weight excluding hydrogens is 334 g/mol. The summed E-state index contributed by atoms with van der Waals surface area (Å²) in [5, 5.41) is 4.28. The number of hydrogen-bond acceptors (Lipinski definition) is 5. The normalized spacial score (nSPS) is 11.6. The Kier molecular flexibility index (Phi) is 4.62. The fourth-order valence-electron chi connectivity index (χ4n) is 1.50. The zero-order valence-electron chi connectivity index (χ0n) is 11.2. The molecule has 0 fully saturated rings. The minimum atomic E-state index is -3.68. The van der Waals surface area contributed by atoms with Gasteiger partial charge in [-0.15, -0.1) is 11.3 Å². The number of carbonyl (C=O) groups is 1. The van der Waals surface area contributed by atoms with Crippen LogP contribution in [0.25, 0.3) is 0 Å². The molecule has 0 bridgehead atoms. The molecule has 0 unspecified atom stereocenters. The van der Waals surface area contributed by atoms with Gasteiger partial charge in [0.15, 0.2) is 0 Å². The highest BCUT2D eigenvalue weighted by Crippen LogP contribution is 2.27. The van der Waals surface area contributed by atoms with Gasteiger partial charge in [-0.05, 0) is 18.2 Å². The summed E-state index contributed by atoms with van der Waals surface area (Å²) in [6, 6.07) is 4.28. The van der Waals surface area contributed by atoms with E-state index in [1.54, 1.807) is 10.9 Å². The van der Waals surface area contributed by atoms with Crippen LogP contribution in [0.15, 0.2) is 34.0 Å². The van der Waals surface area contributed by atoms with Crippen LogP contribution in [-0.4, -0.2) is 37.7 Å². The minimum Gasteiger partial charge on any atom is -0.321 e. The van der Waals surface area contributed by atoms with E-state index in [0.717, 1.165) is 4.31 Å². The van der Waals surface area contributed by atoms with Crippen LogP contribution in [0.2, 0.25) is 5.02 Å². The van der Waals surface area contributed by atoms with Crippen molar-refractivity contribution < 1.29 is 13.2 Å². The molecule has 0 saturated heterocycles. The first kappa shape index (κ1) is 15.9. The van der Waals surface area contributed by atoms with Gasteiger partial charge in [-0.2, -0.15) is 0 Å². The molecule has 6 nitrogen and oxygen atoms in total. The molecule has 0 spiro atoms. The standard InChI is InChI=1S/C12H12ClN3O3S2/c1-16(2)21(18,19)11-5-8(3-4-9(11)13)15-12(17)10-6-20-7-14-10/h3-7H,1-2H3,(H,15,17). The van der Waals surface area contributed by atoms with Crippen LogP contribution < -0.4 is 5.32 Å². The van der Waals surface area contributed by atoms with E-state index in [9.17, 15) is 13.2 Å². The monoisotopic (exact) mass is 345 g/mol. The van der Waals surface area contributed by atoms with Crippen LogP contribution in [0, 0.1) is 0 Å². The Balaban J connectivity index is 2.34. The number of amides is 1. The molecule has 2 aromatic rings. The molecule has 0 aliphatic heterocycles. The van der Waals surface area contributed by atoms with Gasteiger partial charge in [0.1, 0.15) is 10.6 Å². The predicted molar refractivity (Wildman–Crippen MR) is 82.4 cm³/mol. The first-order chi connectivity index (χ1) is 9.82. The number of nitrogens with one attached hydrogen (secondary N) is 1. The number of carbonyl (C=O) groups excluding carboxylic acids is 1. The summed E-state index contributed by atoms with van der Waals surface area (Å²) in [6.45, 7) is 0. The highest BCUT2D eigenvalue weighted by Gasteiger charge is 2.21. The molecule has 2 rings (SSSR count). The highest BCUT2D eigenvalue weighted by molar-refractivity contribution is 7.89. The molecular formula is C12H12ClN3O3S2. The third kappa shape index (κ3) is 3.41. The molecule has 1 amide bonds. The number of rotatable bonds is 4. The minimum absolute atomic E-state index is 0.0646. The van der Waals surface area contributed by atoms with Crippen molar-refractivity contribution in [1.82, 2.24) is 9.29 Å². The average molecular weight is 346 g/mol. The van der Waals surface area contributed by atoms with E-state index >= 15 is 0 Å². The second-order valence-corrected chi connectivity index (χ2v) is 7.51. The summed E-state index contributed by atoms with van der Waals surface area (Å²) >= 11 is 7.23. The van der Waals surface area contributed by atoms with E-state index in [-0.39, 0.29) is 15.6 Å². The summed E-state index contributed by atoms with van der Waals surface area (Å²) < 4.78 is 25.3. The average Bonchev–Trinajstić information content (AvgIpc) is 2.94. The number of aromatic nitrogens is 1. The van der Waals surface area contributed by atoms with Crippen LogP contribution in [-0.2, 0) is 10.0 Å². The van der Waals surface area contributed by atoms with Gasteiger partial charge in [0.05, 0.1) is 10.5 Å². The third-order valence-electron chi connectivity index (χ3n) is 2.61. The van der Waals surface area contributed by atoms with Gasteiger partial charge >= 0.3 is 0 Å². The van der Waals surface area contributed by atoms with Gasteiger partial charge in [-0.3, -0.25) is 4.79 Å². The van der Waals surface area contributed by atoms with Crippen molar-refractivity contribution in [1.29, 1.82) is 0 Å². The number of hydrogen-bond donors (Lipinski definition) is 1. The predicted octanol–water partition coefficient (Wildman–Crippen LogP) is 2.30. The summed E-state index contributed by atoms with van der Waals surface area (Å²) in [5.41, 5.74) is 2.14. The molecule has 1 heterocycles. The summed E-state index contributed by atoms with van der Waals surface area (Å²) in [7, 11) is -0.865. The van der Waals surface area contributed by atoms with Crippen molar-refractivity contribution >= 4 is 44.6 Å². The smallest absolute Gasteiger partial charge is 0.275 e. The second kappa shape index (κ2) is 6.10. The van der Waals surface area contributed by atoms with Gasteiger partial charge in [0.2, 0.25) is 10.0 Å². The van der Waals surface area contributed by atoms with Crippen molar-refractivity contribution in [3.8, 4) is 0 Å². The quantitative estimate of drug-likeness (QED) is 0.922. The van der Waals surface area contributed by atoms with Gasteiger partial charge < -0.3 is 5.32 Å². The molecule has 0 aliphatic rings. The number of halogens is 1. The molecule has 0 aliphatic carbocycles. The molecule has 9 heteroatoms. The maximum atomic E-state index is 12.1. The Morgan fingerprint density at radius 2 is 2.10 bits per heavy atom. The fraction of sp³-hybridized carbons (Fsp3) is 0.167. The molecule has 0 saturated carbocycles. The largest absolute Gasteiger partial charge is 0.321 e. The second-order valence-electron chi connectivity index (χ2n) is 4.26. The first-order valence-electron chi connectivity index (χ1n) is 5.74. The van der Waals surface area contributed by atoms with E-state index in [2.05, 4.69) is 10.3 Å². The van der Waals surface area contributed by atoms with Crippen LogP contribution in [0.1, 0.15) is 10.5 Å². The summed E-state index contributed by atoms with van der Waals surface area (Å²) in [6.07, 6.45) is 0. The van der Waals surface area contributed by atoms with Crippen LogP contribution in [0.4, 0.5) is 5.69 Å². The number of nitrogens with zero attached hydrogens (tertiary/aromatic N) is 2. The Morgan fingerprint density at radius 1 is 1.38 bits per heavy atom. The summed E-state index contributed by atoms with van der Waals surface area (Å²) in [5.74, 6) is -0.410. The van der Waals surface area contributed by atoms with E-state index < -0.39 is 15.9 Å². The van der Waals surface area contributed by atoms with E-state index in [1.165, 1.54) is 43.6 Å². The Labute approximate surface area is 131 Å². The Bertz CT molecular complexity index is 758. The number of anilines is 1. The zero-order chi connectivity index (χ0) is 15.6. The lowest BCUT2D eigenvalue weighted by atomic mass is 10.3. The highest BCUT2D eigenvalue weighted by atomic mass is 35.5. The lowest BCUT2D eigenvalue weighted by Gasteiger charge is -2.14. The van der Waals surface area contributed by atoms with Gasteiger partial charge in [-0.1, -0.05) is 11.6 Å². The van der Waals surface area contributed by atoms with Crippen LogP contribution >= 0.6 is 22.9 Å². The van der Waals surface area contributed by atoms with Crippen LogP contribution in [0.3, 0.4) is 0 Å². The van der Waals surface area contributed by atoms with Gasteiger partial charge in [0, 0.05) is 25.2 Å². The van der Waals surface area contributed by atoms with E-state index in [4.69, 9.17) is 11.6 Å². The molecule has 1 aromatic carbocycles. The molecule has 0 radical (unpaired) electrons. The van der Waals surface area contributed by atoms with Gasteiger partial charge in [0.25, 0.3) is 5.91 Å². The SMILES string of the molecule is CN(C)S(=O)(=O)c1cc(NC(=O)c2cscn2)ccc1Cl. The molecule has 1 aromatic heterocycles. The van der Waals surface area contributed by atoms with Gasteiger partial charge in [-0.25, -0.2) is 17.7 Å². The number of benzene rings is 1. The Morgan fingerprint density at radius 3 is 2.67 bits per heavy atom. The van der Waals surface area contributed by atoms with Crippen molar-refractivity contribution in [3.05, 3.63) is 39.8 Å². The fourth-order valence-corrected chi connectivity index (χ4v) is 3.42. The molecule has 0 atom stereocenters. The van der Waals surface area contributed by atoms with Crippen molar-refractivity contribution in [2.45, 2.75) is 4.90 Å². The van der Waals surface area contributed by atoms with Crippen molar-refractivity contribution in [2.24, 2.45) is 0 Å². The number of sulfonamides is 1. The summed E-state index contributed by atoms with van der Waals surface area (Å²) in [4.78, 5) is 15.7. The third-order valence-corrected chi connectivity index (χ3v) is 5.50. The Hall–Kier alpha value is -1.48. The molecule has 112 valence electrons. The topological polar surface area (TPSA) is 79.4 Å². The number of thiazole rings is 1. The van der Waals surface area contributed by atoms with Crippen molar-refractivity contribution in [3.63, 3.8) is 0 Å². The lowest BCUT2D eigenvalue weighted by Crippen LogP contribution is -2.23. The lowest BCUT2D eigenvalue weighted by molar-refractivity contribution is 0.102. The van der Waals surface area contributed by atoms with Crippen molar-refractivity contribution in [2.75, 3.05) is 19.4 Å². The zero-order valence-corrected chi connectivity index (χ0v) is 13.6. The molecule has 1 N–H and O–H groups in total. The maximum absolute atomic E-state index is 12.1. The van der Waals surface area contributed by atoms with E-state index in [1.807, 2.05) is 0 Å². The van der Waals surface area contributed by atoms with Crippen LogP contribution in [0.5, 0.6) is 0 Å². The first-order valence-corrected chi connectivity index (χ1v) is 8.50. The maximum Gasteiger partial charge on any atom is 0.275 e.